The van der Waals surface area contributed by atoms with Gasteiger partial charge in [-0.3, -0.25) is 4.98 Å². The molecule has 0 aliphatic carbocycles. The molecule has 18 heavy (non-hydrogen) atoms. The number of nitrogens with zero attached hydrogens (tertiary/aromatic N) is 2. The Labute approximate surface area is 111 Å². The standard InChI is InChI=1S/C15H25N3/c1-3-18-10-6-14(7-11-18)12-17-13(2)15-4-8-16-9-5-15/h4-5,8-9,13-14,17H,3,6-7,10-12H2,1-2H3. The van der Waals surface area contributed by atoms with Crippen molar-refractivity contribution >= 4 is 0 Å². The van der Waals surface area contributed by atoms with Crippen LogP contribution in [0, 0.1) is 5.92 Å². The van der Waals surface area contributed by atoms with Crippen LogP contribution in [0.1, 0.15) is 38.3 Å². The van der Waals surface area contributed by atoms with Crippen LogP contribution in [-0.4, -0.2) is 36.1 Å². The van der Waals surface area contributed by atoms with Crippen molar-refractivity contribution in [3.8, 4) is 0 Å². The summed E-state index contributed by atoms with van der Waals surface area (Å²) >= 11 is 0. The Bertz CT molecular complexity index is 331. The lowest BCUT2D eigenvalue weighted by Gasteiger charge is -2.31. The quantitative estimate of drug-likeness (QED) is 0.866. The number of piperidine rings is 1. The molecule has 2 heterocycles. The molecular formula is C15H25N3. The van der Waals surface area contributed by atoms with Crippen LogP contribution in [0.4, 0.5) is 0 Å². The number of nitrogens with one attached hydrogen (secondary N) is 1. The molecule has 1 saturated heterocycles. The third-order valence-electron chi connectivity index (χ3n) is 4.07. The Balaban J connectivity index is 1.72. The summed E-state index contributed by atoms with van der Waals surface area (Å²) in [5.41, 5.74) is 1.33. The fraction of sp³-hybridized carbons (Fsp3) is 0.667. The predicted octanol–water partition coefficient (Wildman–Crippen LogP) is 2.46. The molecule has 100 valence electrons. The Kier molecular flexibility index (Phi) is 5.14. The topological polar surface area (TPSA) is 28.2 Å². The van der Waals surface area contributed by atoms with E-state index in [4.69, 9.17) is 0 Å². The van der Waals surface area contributed by atoms with Crippen molar-refractivity contribution in [2.45, 2.75) is 32.7 Å². The van der Waals surface area contributed by atoms with Gasteiger partial charge in [0.15, 0.2) is 0 Å². The molecule has 0 radical (unpaired) electrons. The highest BCUT2D eigenvalue weighted by atomic mass is 15.1. The number of pyridine rings is 1. The van der Waals surface area contributed by atoms with Crippen molar-refractivity contribution in [2.24, 2.45) is 5.92 Å². The second kappa shape index (κ2) is 6.86. The highest BCUT2D eigenvalue weighted by Gasteiger charge is 2.18. The van der Waals surface area contributed by atoms with E-state index in [1.807, 2.05) is 12.4 Å². The first-order valence-electron chi connectivity index (χ1n) is 7.15. The number of rotatable bonds is 5. The van der Waals surface area contributed by atoms with Crippen LogP contribution in [0.5, 0.6) is 0 Å². The Morgan fingerprint density at radius 2 is 2.00 bits per heavy atom. The molecule has 1 fully saturated rings. The van der Waals surface area contributed by atoms with Gasteiger partial charge in [-0.15, -0.1) is 0 Å². The van der Waals surface area contributed by atoms with Gasteiger partial charge in [-0.2, -0.15) is 0 Å². The van der Waals surface area contributed by atoms with Gasteiger partial charge in [0.2, 0.25) is 0 Å². The molecule has 1 N–H and O–H groups in total. The number of hydrogen-bond acceptors (Lipinski definition) is 3. The number of hydrogen-bond donors (Lipinski definition) is 1. The van der Waals surface area contributed by atoms with Crippen molar-refractivity contribution in [1.29, 1.82) is 0 Å². The monoisotopic (exact) mass is 247 g/mol. The van der Waals surface area contributed by atoms with E-state index in [9.17, 15) is 0 Å². The summed E-state index contributed by atoms with van der Waals surface area (Å²) in [6.45, 7) is 9.37. The zero-order valence-electron chi connectivity index (χ0n) is 11.6. The van der Waals surface area contributed by atoms with Crippen LogP contribution in [0.15, 0.2) is 24.5 Å². The van der Waals surface area contributed by atoms with E-state index in [-0.39, 0.29) is 0 Å². The minimum absolute atomic E-state index is 0.428. The van der Waals surface area contributed by atoms with E-state index in [0.717, 1.165) is 12.5 Å². The van der Waals surface area contributed by atoms with Crippen molar-refractivity contribution in [1.82, 2.24) is 15.2 Å². The molecule has 1 unspecified atom stereocenters. The summed E-state index contributed by atoms with van der Waals surface area (Å²) in [6, 6.07) is 4.62. The maximum absolute atomic E-state index is 4.06. The third-order valence-corrected chi connectivity index (χ3v) is 4.07. The maximum atomic E-state index is 4.06. The van der Waals surface area contributed by atoms with Crippen LogP contribution in [0.2, 0.25) is 0 Å². The summed E-state index contributed by atoms with van der Waals surface area (Å²) in [5, 5.41) is 3.66. The summed E-state index contributed by atoms with van der Waals surface area (Å²) in [5.74, 6) is 0.845. The molecule has 0 spiro atoms. The first-order valence-corrected chi connectivity index (χ1v) is 7.15. The van der Waals surface area contributed by atoms with E-state index < -0.39 is 0 Å². The molecule has 1 aliphatic rings. The van der Waals surface area contributed by atoms with Gasteiger partial charge in [0, 0.05) is 18.4 Å². The van der Waals surface area contributed by atoms with Gasteiger partial charge in [0.25, 0.3) is 0 Å². The molecule has 0 bridgehead atoms. The summed E-state index contributed by atoms with van der Waals surface area (Å²) in [6.07, 6.45) is 6.41. The Morgan fingerprint density at radius 3 is 2.61 bits per heavy atom. The molecule has 1 aliphatic heterocycles. The molecular weight excluding hydrogens is 222 g/mol. The molecule has 0 saturated carbocycles. The molecule has 0 amide bonds. The predicted molar refractivity (Wildman–Crippen MR) is 75.5 cm³/mol. The summed E-state index contributed by atoms with van der Waals surface area (Å²) in [4.78, 5) is 6.61. The van der Waals surface area contributed by atoms with E-state index in [1.165, 1.54) is 38.0 Å². The van der Waals surface area contributed by atoms with Crippen LogP contribution in [-0.2, 0) is 0 Å². The van der Waals surface area contributed by atoms with E-state index in [0.29, 0.717) is 6.04 Å². The van der Waals surface area contributed by atoms with E-state index in [2.05, 4.69) is 41.2 Å². The second-order valence-corrected chi connectivity index (χ2v) is 5.29. The highest BCUT2D eigenvalue weighted by Crippen LogP contribution is 2.18. The zero-order chi connectivity index (χ0) is 12.8. The van der Waals surface area contributed by atoms with Gasteiger partial charge in [0.05, 0.1) is 0 Å². The van der Waals surface area contributed by atoms with Gasteiger partial charge in [-0.1, -0.05) is 6.92 Å². The number of likely N-dealkylation sites (tertiary alicyclic amines) is 1. The molecule has 1 aromatic rings. The largest absolute Gasteiger partial charge is 0.310 e. The molecule has 1 aromatic heterocycles. The lowest BCUT2D eigenvalue weighted by molar-refractivity contribution is 0.188. The third kappa shape index (κ3) is 3.79. The normalized spacial score (nSPS) is 19.9. The van der Waals surface area contributed by atoms with Gasteiger partial charge < -0.3 is 10.2 Å². The minimum Gasteiger partial charge on any atom is -0.310 e. The summed E-state index contributed by atoms with van der Waals surface area (Å²) < 4.78 is 0. The minimum atomic E-state index is 0.428. The molecule has 3 heteroatoms. The lowest BCUT2D eigenvalue weighted by atomic mass is 9.96. The van der Waals surface area contributed by atoms with E-state index in [1.54, 1.807) is 0 Å². The van der Waals surface area contributed by atoms with Crippen molar-refractivity contribution in [2.75, 3.05) is 26.2 Å². The van der Waals surface area contributed by atoms with Gasteiger partial charge in [-0.05, 0) is 69.6 Å². The van der Waals surface area contributed by atoms with E-state index >= 15 is 0 Å². The second-order valence-electron chi connectivity index (χ2n) is 5.29. The lowest BCUT2D eigenvalue weighted by Crippen LogP contribution is -2.37. The first kappa shape index (κ1) is 13.5. The van der Waals surface area contributed by atoms with Crippen molar-refractivity contribution < 1.29 is 0 Å². The maximum Gasteiger partial charge on any atom is 0.0293 e. The number of aromatic nitrogens is 1. The Morgan fingerprint density at radius 1 is 1.33 bits per heavy atom. The van der Waals surface area contributed by atoms with Gasteiger partial charge >= 0.3 is 0 Å². The highest BCUT2D eigenvalue weighted by molar-refractivity contribution is 5.13. The smallest absolute Gasteiger partial charge is 0.0293 e. The van der Waals surface area contributed by atoms with Gasteiger partial charge in [-0.25, -0.2) is 0 Å². The van der Waals surface area contributed by atoms with Crippen LogP contribution in [0.3, 0.4) is 0 Å². The van der Waals surface area contributed by atoms with Gasteiger partial charge in [0.1, 0.15) is 0 Å². The average molecular weight is 247 g/mol. The Hall–Kier alpha value is -0.930. The molecule has 2 rings (SSSR count). The molecule has 1 atom stereocenters. The average Bonchev–Trinajstić information content (AvgIpc) is 2.46. The molecule has 3 nitrogen and oxygen atoms in total. The summed E-state index contributed by atoms with van der Waals surface area (Å²) in [7, 11) is 0. The van der Waals surface area contributed by atoms with Crippen molar-refractivity contribution in [3.63, 3.8) is 0 Å². The van der Waals surface area contributed by atoms with Crippen LogP contribution >= 0.6 is 0 Å². The first-order chi connectivity index (χ1) is 8.79. The SMILES string of the molecule is CCN1CCC(CNC(C)c2ccncc2)CC1. The van der Waals surface area contributed by atoms with Crippen molar-refractivity contribution in [3.05, 3.63) is 30.1 Å². The van der Waals surface area contributed by atoms with Crippen LogP contribution in [0.25, 0.3) is 0 Å². The fourth-order valence-electron chi connectivity index (χ4n) is 2.62. The fourth-order valence-corrected chi connectivity index (χ4v) is 2.62. The molecule has 0 aromatic carbocycles. The van der Waals surface area contributed by atoms with Crippen LogP contribution < -0.4 is 5.32 Å². The zero-order valence-corrected chi connectivity index (χ0v) is 11.6.